The van der Waals surface area contributed by atoms with Gasteiger partial charge in [0.2, 0.25) is 0 Å². The van der Waals surface area contributed by atoms with Crippen LogP contribution in [0.1, 0.15) is 19.3 Å². The van der Waals surface area contributed by atoms with Crippen molar-refractivity contribution < 1.29 is 4.74 Å². The average molecular weight is 330 g/mol. The highest BCUT2D eigenvalue weighted by Gasteiger charge is 2.33. The van der Waals surface area contributed by atoms with Gasteiger partial charge in [0.25, 0.3) is 0 Å². The molecule has 1 unspecified atom stereocenters. The molecule has 2 aliphatic carbocycles. The molecule has 0 aromatic rings. The predicted molar refractivity (Wildman–Crippen MR) is 84.9 cm³/mol. The Kier molecular flexibility index (Phi) is 3.03. The van der Waals surface area contributed by atoms with Crippen LogP contribution in [-0.4, -0.2) is 18.9 Å². The zero-order valence-corrected chi connectivity index (χ0v) is 12.8. The largest absolute Gasteiger partial charge is 0.493 e. The van der Waals surface area contributed by atoms with Crippen molar-refractivity contribution in [1.82, 2.24) is 0 Å². The van der Waals surface area contributed by atoms with Gasteiger partial charge in [0, 0.05) is 23.0 Å². The first-order chi connectivity index (χ1) is 9.83. The molecule has 0 aromatic heterocycles. The normalized spacial score (nSPS) is 31.1. The highest BCUT2D eigenvalue weighted by Crippen LogP contribution is 2.42. The molecule has 0 spiro atoms. The molecule has 2 heterocycles. The molecule has 0 radical (unpaired) electrons. The lowest BCUT2D eigenvalue weighted by molar-refractivity contribution is 0.227. The zero-order valence-electron chi connectivity index (χ0n) is 11.2. The number of ether oxygens (including phenoxy) is 1. The van der Waals surface area contributed by atoms with Crippen molar-refractivity contribution in [3.05, 3.63) is 57.3 Å². The third-order valence-corrected chi connectivity index (χ3v) is 4.85. The van der Waals surface area contributed by atoms with Gasteiger partial charge in [0.15, 0.2) is 0 Å². The molecule has 2 nitrogen and oxygen atoms in total. The SMILES string of the molecule is BrC1=CC2C3=C(C=N[C@@H]2C=C1)CCOC1=C3CCC=C1. The van der Waals surface area contributed by atoms with Gasteiger partial charge >= 0.3 is 0 Å². The van der Waals surface area contributed by atoms with Crippen molar-refractivity contribution in [3.63, 3.8) is 0 Å². The first-order valence-corrected chi connectivity index (χ1v) is 7.97. The van der Waals surface area contributed by atoms with Crippen molar-refractivity contribution in [1.29, 1.82) is 0 Å². The topological polar surface area (TPSA) is 21.6 Å². The maximum Gasteiger partial charge on any atom is 0.122 e. The van der Waals surface area contributed by atoms with Crippen LogP contribution < -0.4 is 0 Å². The molecule has 0 N–H and O–H groups in total. The summed E-state index contributed by atoms with van der Waals surface area (Å²) >= 11 is 3.61. The molecule has 102 valence electrons. The van der Waals surface area contributed by atoms with Crippen LogP contribution in [0.5, 0.6) is 0 Å². The minimum atomic E-state index is 0.243. The summed E-state index contributed by atoms with van der Waals surface area (Å²) in [6.07, 6.45) is 16.2. The minimum absolute atomic E-state index is 0.243. The fourth-order valence-corrected chi connectivity index (χ4v) is 3.84. The summed E-state index contributed by atoms with van der Waals surface area (Å²) in [7, 11) is 0. The highest BCUT2D eigenvalue weighted by atomic mass is 79.9. The van der Waals surface area contributed by atoms with E-state index in [9.17, 15) is 0 Å². The number of hydrogen-bond donors (Lipinski definition) is 0. The molecule has 0 bridgehead atoms. The van der Waals surface area contributed by atoms with Crippen molar-refractivity contribution in [2.24, 2.45) is 10.9 Å². The summed E-state index contributed by atoms with van der Waals surface area (Å²) in [5.41, 5.74) is 4.22. The van der Waals surface area contributed by atoms with Crippen LogP contribution in [0.3, 0.4) is 0 Å². The number of rotatable bonds is 0. The standard InChI is InChI=1S/C17H16BrNO/c18-12-5-6-15-14(9-12)17-11(10-19-15)7-8-20-16-4-2-1-3-13(16)17/h2,4-6,9-10,14-15H,1,3,7-8H2/t14?,15-/m1/s1. The molecule has 4 aliphatic rings. The summed E-state index contributed by atoms with van der Waals surface area (Å²) in [4.78, 5) is 4.72. The second-order valence-electron chi connectivity index (χ2n) is 5.53. The van der Waals surface area contributed by atoms with Crippen LogP contribution in [0.25, 0.3) is 0 Å². The molecular formula is C17H16BrNO. The molecule has 4 rings (SSSR count). The zero-order chi connectivity index (χ0) is 13.5. The lowest BCUT2D eigenvalue weighted by atomic mass is 9.77. The Labute approximate surface area is 127 Å². The Balaban J connectivity index is 1.87. The molecule has 20 heavy (non-hydrogen) atoms. The van der Waals surface area contributed by atoms with Crippen LogP contribution in [0.2, 0.25) is 0 Å². The van der Waals surface area contributed by atoms with E-state index < -0.39 is 0 Å². The van der Waals surface area contributed by atoms with E-state index in [0.717, 1.165) is 36.1 Å². The van der Waals surface area contributed by atoms with Gasteiger partial charge in [-0.05, 0) is 35.6 Å². The van der Waals surface area contributed by atoms with Gasteiger partial charge in [-0.15, -0.1) is 0 Å². The van der Waals surface area contributed by atoms with Gasteiger partial charge in [0.05, 0.1) is 12.6 Å². The van der Waals surface area contributed by atoms with Gasteiger partial charge in [-0.1, -0.05) is 40.2 Å². The van der Waals surface area contributed by atoms with Crippen molar-refractivity contribution in [3.8, 4) is 0 Å². The number of allylic oxidation sites excluding steroid dienone is 5. The van der Waals surface area contributed by atoms with Crippen molar-refractivity contribution in [2.45, 2.75) is 25.3 Å². The number of fused-ring (bicyclic) bond motifs is 3. The van der Waals surface area contributed by atoms with E-state index >= 15 is 0 Å². The van der Waals surface area contributed by atoms with E-state index in [1.165, 1.54) is 16.7 Å². The molecular weight excluding hydrogens is 314 g/mol. The third-order valence-electron chi connectivity index (χ3n) is 4.32. The first-order valence-electron chi connectivity index (χ1n) is 7.17. The van der Waals surface area contributed by atoms with Crippen LogP contribution in [-0.2, 0) is 4.74 Å². The smallest absolute Gasteiger partial charge is 0.122 e. The van der Waals surface area contributed by atoms with E-state index in [1.54, 1.807) is 0 Å². The Bertz CT molecular complexity index is 633. The Hall–Kier alpha value is -1.35. The van der Waals surface area contributed by atoms with Crippen LogP contribution in [0.4, 0.5) is 0 Å². The molecule has 0 fully saturated rings. The average Bonchev–Trinajstić information content (AvgIpc) is 2.66. The molecule has 0 saturated heterocycles. The van der Waals surface area contributed by atoms with Crippen LogP contribution in [0, 0.1) is 5.92 Å². The molecule has 0 saturated carbocycles. The summed E-state index contributed by atoms with van der Waals surface area (Å²) in [5, 5.41) is 0. The predicted octanol–water partition coefficient (Wildman–Crippen LogP) is 4.23. The van der Waals surface area contributed by atoms with Crippen LogP contribution >= 0.6 is 15.9 Å². The highest BCUT2D eigenvalue weighted by molar-refractivity contribution is 9.11. The van der Waals surface area contributed by atoms with E-state index in [-0.39, 0.29) is 6.04 Å². The Morgan fingerprint density at radius 3 is 3.15 bits per heavy atom. The van der Waals surface area contributed by atoms with Gasteiger partial charge in [-0.2, -0.15) is 0 Å². The number of nitrogens with zero attached hydrogens (tertiary/aromatic N) is 1. The Morgan fingerprint density at radius 1 is 1.25 bits per heavy atom. The van der Waals surface area contributed by atoms with E-state index in [2.05, 4.69) is 52.5 Å². The number of aliphatic imine (C=N–C) groups is 1. The first kappa shape index (κ1) is 12.4. The summed E-state index contributed by atoms with van der Waals surface area (Å²) in [5.74, 6) is 1.43. The van der Waals surface area contributed by atoms with E-state index in [0.29, 0.717) is 5.92 Å². The molecule has 2 aliphatic heterocycles. The fraction of sp³-hybridized carbons (Fsp3) is 0.353. The van der Waals surface area contributed by atoms with Crippen molar-refractivity contribution in [2.75, 3.05) is 6.61 Å². The maximum absolute atomic E-state index is 5.94. The molecule has 3 heteroatoms. The third kappa shape index (κ3) is 1.96. The lowest BCUT2D eigenvalue weighted by Crippen LogP contribution is -2.26. The summed E-state index contributed by atoms with van der Waals surface area (Å²) in [6, 6.07) is 0.243. The fourth-order valence-electron chi connectivity index (χ4n) is 3.40. The quantitative estimate of drug-likeness (QED) is 0.651. The summed E-state index contributed by atoms with van der Waals surface area (Å²) in [6.45, 7) is 0.756. The van der Waals surface area contributed by atoms with Crippen molar-refractivity contribution >= 4 is 22.1 Å². The van der Waals surface area contributed by atoms with Gasteiger partial charge in [0.1, 0.15) is 5.76 Å². The van der Waals surface area contributed by atoms with E-state index in [1.807, 2.05) is 0 Å². The number of halogens is 1. The summed E-state index contributed by atoms with van der Waals surface area (Å²) < 4.78 is 7.10. The Morgan fingerprint density at radius 2 is 2.20 bits per heavy atom. The number of dihydropyridines is 1. The molecule has 0 aromatic carbocycles. The second kappa shape index (κ2) is 4.88. The van der Waals surface area contributed by atoms with E-state index in [4.69, 9.17) is 9.73 Å². The number of hydrogen-bond acceptors (Lipinski definition) is 2. The van der Waals surface area contributed by atoms with Crippen LogP contribution in [0.15, 0.2) is 62.3 Å². The molecule has 2 atom stereocenters. The molecule has 0 amide bonds. The van der Waals surface area contributed by atoms with Gasteiger partial charge < -0.3 is 4.74 Å². The van der Waals surface area contributed by atoms with Gasteiger partial charge in [-0.25, -0.2) is 0 Å². The lowest BCUT2D eigenvalue weighted by Gasteiger charge is -2.31. The van der Waals surface area contributed by atoms with Gasteiger partial charge in [-0.3, -0.25) is 4.99 Å². The monoisotopic (exact) mass is 329 g/mol. The minimum Gasteiger partial charge on any atom is -0.493 e. The second-order valence-corrected chi connectivity index (χ2v) is 6.44. The maximum atomic E-state index is 5.94.